The first-order valence-corrected chi connectivity index (χ1v) is 4.18. The van der Waals surface area contributed by atoms with Gasteiger partial charge in [0.15, 0.2) is 0 Å². The lowest BCUT2D eigenvalue weighted by Crippen LogP contribution is -2.16. The molecule has 0 saturated heterocycles. The second-order valence-electron chi connectivity index (χ2n) is 2.44. The number of benzene rings is 1. The summed E-state index contributed by atoms with van der Waals surface area (Å²) in [5.74, 6) is -0.619. The molecule has 1 aromatic carbocycles. The summed E-state index contributed by atoms with van der Waals surface area (Å²) in [6.45, 7) is 6.00. The van der Waals surface area contributed by atoms with Gasteiger partial charge in [0.05, 0.1) is 12.7 Å². The van der Waals surface area contributed by atoms with E-state index in [9.17, 15) is 4.79 Å². The lowest BCUT2D eigenvalue weighted by atomic mass is 10.1. The van der Waals surface area contributed by atoms with Crippen molar-refractivity contribution in [2.45, 2.75) is 0 Å². The molecular formula is C11H14N2O2. The fourth-order valence-electron chi connectivity index (χ4n) is 1.01. The average molecular weight is 206 g/mol. The molecule has 1 aromatic rings. The van der Waals surface area contributed by atoms with Gasteiger partial charge in [0.25, 0.3) is 0 Å². The van der Waals surface area contributed by atoms with Crippen LogP contribution in [0.2, 0.25) is 0 Å². The predicted octanol–water partition coefficient (Wildman–Crippen LogP) is 1.56. The van der Waals surface area contributed by atoms with Gasteiger partial charge in [0, 0.05) is 5.56 Å². The van der Waals surface area contributed by atoms with Crippen molar-refractivity contribution < 1.29 is 9.53 Å². The van der Waals surface area contributed by atoms with Crippen molar-refractivity contribution in [1.29, 1.82) is 5.41 Å². The Balaban J connectivity index is 0.000000921. The first kappa shape index (κ1) is 12.9. The Bertz CT molecular complexity index is 361. The fourth-order valence-corrected chi connectivity index (χ4v) is 1.01. The van der Waals surface area contributed by atoms with Crippen LogP contribution >= 0.6 is 0 Å². The van der Waals surface area contributed by atoms with Crippen LogP contribution in [-0.4, -0.2) is 18.9 Å². The molecule has 0 unspecified atom stereocenters. The quantitative estimate of drug-likeness (QED) is 0.437. The Morgan fingerprint density at radius 3 is 2.20 bits per heavy atom. The summed E-state index contributed by atoms with van der Waals surface area (Å²) in [7, 11) is 1.38. The van der Waals surface area contributed by atoms with E-state index in [1.807, 2.05) is 0 Å². The predicted molar refractivity (Wildman–Crippen MR) is 60.1 cm³/mol. The molecule has 0 aliphatic carbocycles. The molecule has 3 N–H and O–H groups in total. The first-order valence-electron chi connectivity index (χ1n) is 4.18. The minimum Gasteiger partial charge on any atom is -0.481 e. The average Bonchev–Trinajstić information content (AvgIpc) is 2.30. The largest absolute Gasteiger partial charge is 0.481 e. The monoisotopic (exact) mass is 206 g/mol. The number of hydrogen-bond acceptors (Lipinski definition) is 3. The maximum Gasteiger partial charge on any atom is 0.249 e. The van der Waals surface area contributed by atoms with E-state index in [1.165, 1.54) is 7.11 Å². The lowest BCUT2D eigenvalue weighted by molar-refractivity contribution is 0.1000. The Morgan fingerprint density at radius 2 is 1.80 bits per heavy atom. The van der Waals surface area contributed by atoms with E-state index in [1.54, 1.807) is 24.3 Å². The van der Waals surface area contributed by atoms with Crippen LogP contribution in [0.4, 0.5) is 0 Å². The number of carbonyl (C=O) groups is 1. The summed E-state index contributed by atoms with van der Waals surface area (Å²) in [6.07, 6.45) is 0. The van der Waals surface area contributed by atoms with Gasteiger partial charge in [-0.25, -0.2) is 0 Å². The number of hydrogen-bond donors (Lipinski definition) is 2. The summed E-state index contributed by atoms with van der Waals surface area (Å²) in [5, 5.41) is 7.38. The van der Waals surface area contributed by atoms with Crippen LogP contribution < -0.4 is 5.73 Å². The van der Waals surface area contributed by atoms with E-state index < -0.39 is 5.91 Å². The maximum absolute atomic E-state index is 10.9. The van der Waals surface area contributed by atoms with Crippen LogP contribution in [0.1, 0.15) is 15.9 Å². The zero-order valence-electron chi connectivity index (χ0n) is 8.62. The van der Waals surface area contributed by atoms with Crippen LogP contribution in [0.3, 0.4) is 0 Å². The fraction of sp³-hybridized carbons (Fsp3) is 0.0909. The van der Waals surface area contributed by atoms with Crippen molar-refractivity contribution in [1.82, 2.24) is 0 Å². The Kier molecular flexibility index (Phi) is 5.48. The van der Waals surface area contributed by atoms with E-state index in [0.29, 0.717) is 11.1 Å². The molecule has 80 valence electrons. The molecule has 15 heavy (non-hydrogen) atoms. The molecule has 0 bridgehead atoms. The summed E-state index contributed by atoms with van der Waals surface area (Å²) < 4.78 is 4.70. The van der Waals surface area contributed by atoms with Crippen molar-refractivity contribution >= 4 is 11.8 Å². The van der Waals surface area contributed by atoms with Crippen LogP contribution in [0, 0.1) is 5.41 Å². The van der Waals surface area contributed by atoms with Gasteiger partial charge in [0.1, 0.15) is 0 Å². The minimum atomic E-state index is -0.558. The molecular weight excluding hydrogens is 192 g/mol. The van der Waals surface area contributed by atoms with Gasteiger partial charge in [0.2, 0.25) is 11.8 Å². The van der Waals surface area contributed by atoms with Crippen LogP contribution in [0.25, 0.3) is 0 Å². The number of rotatable bonds is 2. The summed E-state index contributed by atoms with van der Waals surface area (Å²) in [5.41, 5.74) is 5.83. The van der Waals surface area contributed by atoms with Crippen LogP contribution in [0.15, 0.2) is 37.4 Å². The molecule has 0 heterocycles. The number of primary amides is 1. The highest BCUT2D eigenvalue weighted by molar-refractivity contribution is 6.05. The molecule has 0 saturated carbocycles. The second-order valence-corrected chi connectivity index (χ2v) is 2.44. The molecule has 0 spiro atoms. The molecule has 0 aromatic heterocycles. The smallest absolute Gasteiger partial charge is 0.249 e. The third-order valence-corrected chi connectivity index (χ3v) is 1.64. The van der Waals surface area contributed by atoms with E-state index in [2.05, 4.69) is 13.2 Å². The van der Waals surface area contributed by atoms with E-state index in [4.69, 9.17) is 15.9 Å². The van der Waals surface area contributed by atoms with Crippen LogP contribution in [-0.2, 0) is 4.74 Å². The summed E-state index contributed by atoms with van der Waals surface area (Å²) >= 11 is 0. The standard InChI is InChI=1S/C9H10N2O2.C2H4/c1-13-9(11)7-5-3-2-4-6(7)8(10)12;1-2/h2-5,11H,1H3,(H2,10,12);1-2H2. The van der Waals surface area contributed by atoms with Crippen molar-refractivity contribution in [3.8, 4) is 0 Å². The SMILES string of the molecule is C=C.COC(=N)c1ccccc1C(N)=O. The Hall–Kier alpha value is -2.10. The number of carbonyl (C=O) groups excluding carboxylic acids is 1. The zero-order valence-corrected chi connectivity index (χ0v) is 8.62. The van der Waals surface area contributed by atoms with Gasteiger partial charge in [-0.15, -0.1) is 13.2 Å². The molecule has 0 aliphatic rings. The molecule has 0 aliphatic heterocycles. The molecule has 4 heteroatoms. The number of methoxy groups -OCH3 is 1. The Morgan fingerprint density at radius 1 is 1.33 bits per heavy atom. The molecule has 1 rings (SSSR count). The zero-order chi connectivity index (χ0) is 11.8. The number of amides is 1. The van der Waals surface area contributed by atoms with Gasteiger partial charge in [-0.3, -0.25) is 10.2 Å². The third kappa shape index (κ3) is 3.27. The van der Waals surface area contributed by atoms with Gasteiger partial charge in [-0.05, 0) is 12.1 Å². The van der Waals surface area contributed by atoms with Gasteiger partial charge in [-0.1, -0.05) is 12.1 Å². The topological polar surface area (TPSA) is 76.2 Å². The normalized spacial score (nSPS) is 8.33. The Labute approximate surface area is 88.9 Å². The van der Waals surface area contributed by atoms with Crippen molar-refractivity contribution in [3.63, 3.8) is 0 Å². The van der Waals surface area contributed by atoms with Gasteiger partial charge < -0.3 is 10.5 Å². The van der Waals surface area contributed by atoms with Gasteiger partial charge >= 0.3 is 0 Å². The number of nitrogens with two attached hydrogens (primary N) is 1. The van der Waals surface area contributed by atoms with Crippen molar-refractivity contribution in [2.75, 3.05) is 7.11 Å². The molecule has 0 radical (unpaired) electrons. The first-order chi connectivity index (χ1) is 7.16. The highest BCUT2D eigenvalue weighted by Gasteiger charge is 2.10. The van der Waals surface area contributed by atoms with Crippen LogP contribution in [0.5, 0.6) is 0 Å². The molecule has 0 fully saturated rings. The third-order valence-electron chi connectivity index (χ3n) is 1.64. The van der Waals surface area contributed by atoms with Gasteiger partial charge in [-0.2, -0.15) is 0 Å². The maximum atomic E-state index is 10.9. The molecule has 0 atom stereocenters. The van der Waals surface area contributed by atoms with E-state index >= 15 is 0 Å². The van der Waals surface area contributed by atoms with Crippen molar-refractivity contribution in [2.24, 2.45) is 5.73 Å². The van der Waals surface area contributed by atoms with Crippen molar-refractivity contribution in [3.05, 3.63) is 48.6 Å². The number of nitrogens with one attached hydrogen (secondary N) is 1. The number of ether oxygens (including phenoxy) is 1. The highest BCUT2D eigenvalue weighted by atomic mass is 16.5. The van der Waals surface area contributed by atoms with E-state index in [0.717, 1.165) is 0 Å². The molecule has 1 amide bonds. The summed E-state index contributed by atoms with van der Waals surface area (Å²) in [4.78, 5) is 10.9. The second kappa shape index (κ2) is 6.37. The van der Waals surface area contributed by atoms with E-state index in [-0.39, 0.29) is 5.90 Å². The summed E-state index contributed by atoms with van der Waals surface area (Å²) in [6, 6.07) is 6.58. The minimum absolute atomic E-state index is 0.0607. The highest BCUT2D eigenvalue weighted by Crippen LogP contribution is 2.08. The lowest BCUT2D eigenvalue weighted by Gasteiger charge is -2.05. The molecule has 4 nitrogen and oxygen atoms in total.